The average molecular weight is 437 g/mol. The normalized spacial score (nSPS) is 17.7. The van der Waals surface area contributed by atoms with E-state index < -0.39 is 0 Å². The van der Waals surface area contributed by atoms with Crippen molar-refractivity contribution < 1.29 is 14.3 Å². The quantitative estimate of drug-likeness (QED) is 0.570. The Morgan fingerprint density at radius 2 is 1.58 bits per heavy atom. The Morgan fingerprint density at radius 3 is 2.24 bits per heavy atom. The lowest BCUT2D eigenvalue weighted by molar-refractivity contribution is -0.126. The van der Waals surface area contributed by atoms with Gasteiger partial charge in [0.25, 0.3) is 5.91 Å². The van der Waals surface area contributed by atoms with E-state index in [0.717, 1.165) is 33.8 Å². The number of rotatable bonds is 6. The molecule has 0 radical (unpaired) electrons. The fraction of sp³-hybridized carbons (Fsp3) is 0.111. The van der Waals surface area contributed by atoms with Crippen LogP contribution in [0.5, 0.6) is 5.75 Å². The third kappa shape index (κ3) is 3.81. The van der Waals surface area contributed by atoms with Crippen molar-refractivity contribution in [2.45, 2.75) is 13.0 Å². The number of benzene rings is 3. The highest BCUT2D eigenvalue weighted by molar-refractivity contribution is 6.22. The van der Waals surface area contributed by atoms with E-state index in [2.05, 4.69) is 35.0 Å². The van der Waals surface area contributed by atoms with Crippen LogP contribution < -0.4 is 15.5 Å². The van der Waals surface area contributed by atoms with Crippen LogP contribution in [-0.2, 0) is 9.59 Å². The Morgan fingerprint density at radius 1 is 0.909 bits per heavy atom. The van der Waals surface area contributed by atoms with Crippen molar-refractivity contribution in [1.82, 2.24) is 15.8 Å². The number of carbonyl (C=O) groups is 2. The molecular formula is C27H23N3O3. The number of nitrogens with zero attached hydrogens (tertiary/aromatic N) is 1. The molecule has 0 fully saturated rings. The highest BCUT2D eigenvalue weighted by Crippen LogP contribution is 2.41. The fourth-order valence-corrected chi connectivity index (χ4v) is 4.31. The highest BCUT2D eigenvalue weighted by atomic mass is 16.5. The standard InChI is InChI=1S/C27H23N3O3/c1-18-23(20-12-14-22(15-13-20)33-17-16-31)27(32)30-26(28-18)24(19-8-4-2-5-9-19)25(29-30)21-10-6-3-7-11-21/h2-16,25,28-29H,17H2,1H3. The first-order valence-electron chi connectivity index (χ1n) is 10.8. The molecule has 164 valence electrons. The summed E-state index contributed by atoms with van der Waals surface area (Å²) in [4.78, 5) is 24.2. The van der Waals surface area contributed by atoms with E-state index in [1.807, 2.05) is 55.5 Å². The summed E-state index contributed by atoms with van der Waals surface area (Å²) in [6.45, 7) is 1.91. The average Bonchev–Trinajstić information content (AvgIpc) is 3.24. The first-order chi connectivity index (χ1) is 16.2. The van der Waals surface area contributed by atoms with Gasteiger partial charge in [-0.2, -0.15) is 0 Å². The van der Waals surface area contributed by atoms with E-state index in [-0.39, 0.29) is 18.6 Å². The summed E-state index contributed by atoms with van der Waals surface area (Å²) in [5.74, 6) is 1.19. The summed E-state index contributed by atoms with van der Waals surface area (Å²) >= 11 is 0. The molecule has 0 saturated heterocycles. The van der Waals surface area contributed by atoms with Crippen LogP contribution in [0.4, 0.5) is 0 Å². The zero-order chi connectivity index (χ0) is 22.8. The summed E-state index contributed by atoms with van der Waals surface area (Å²) in [6, 6.07) is 27.2. The molecule has 0 aliphatic carbocycles. The molecule has 2 heterocycles. The molecule has 6 heteroatoms. The van der Waals surface area contributed by atoms with Gasteiger partial charge < -0.3 is 10.1 Å². The molecule has 1 amide bonds. The Hall–Kier alpha value is -4.16. The van der Waals surface area contributed by atoms with Crippen molar-refractivity contribution >= 4 is 23.3 Å². The van der Waals surface area contributed by atoms with Gasteiger partial charge in [0.05, 0.1) is 11.6 Å². The van der Waals surface area contributed by atoms with Crippen molar-refractivity contribution in [3.63, 3.8) is 0 Å². The maximum absolute atomic E-state index is 13.7. The number of ether oxygens (including phenoxy) is 1. The molecule has 3 aromatic carbocycles. The fourth-order valence-electron chi connectivity index (χ4n) is 4.31. The van der Waals surface area contributed by atoms with Gasteiger partial charge in [0, 0.05) is 11.3 Å². The van der Waals surface area contributed by atoms with Crippen LogP contribution in [0, 0.1) is 0 Å². The number of hydrogen-bond donors (Lipinski definition) is 2. The lowest BCUT2D eigenvalue weighted by Crippen LogP contribution is -2.46. The molecule has 1 atom stereocenters. The smallest absolute Gasteiger partial charge is 0.276 e. The van der Waals surface area contributed by atoms with Crippen LogP contribution in [-0.4, -0.2) is 23.8 Å². The monoisotopic (exact) mass is 437 g/mol. The van der Waals surface area contributed by atoms with E-state index >= 15 is 0 Å². The van der Waals surface area contributed by atoms with Crippen LogP contribution in [0.15, 0.2) is 96.4 Å². The first-order valence-corrected chi connectivity index (χ1v) is 10.8. The molecule has 0 bridgehead atoms. The number of hydrogen-bond acceptors (Lipinski definition) is 5. The number of carbonyl (C=O) groups excluding carboxylic acids is 2. The van der Waals surface area contributed by atoms with E-state index in [0.29, 0.717) is 17.6 Å². The Balaban J connectivity index is 1.55. The molecule has 0 aromatic heterocycles. The molecule has 5 rings (SSSR count). The number of amides is 1. The molecular weight excluding hydrogens is 414 g/mol. The summed E-state index contributed by atoms with van der Waals surface area (Å²) in [6.07, 6.45) is 0.704. The molecule has 2 aliphatic rings. The van der Waals surface area contributed by atoms with Gasteiger partial charge in [-0.15, -0.1) is 0 Å². The van der Waals surface area contributed by atoms with Gasteiger partial charge >= 0.3 is 0 Å². The molecule has 0 spiro atoms. The van der Waals surface area contributed by atoms with Gasteiger partial charge in [-0.1, -0.05) is 72.8 Å². The zero-order valence-electron chi connectivity index (χ0n) is 18.1. The minimum atomic E-state index is -0.175. The Kier molecular flexibility index (Phi) is 5.50. The van der Waals surface area contributed by atoms with Crippen LogP contribution in [0.1, 0.15) is 29.7 Å². The van der Waals surface area contributed by atoms with Crippen molar-refractivity contribution in [2.24, 2.45) is 0 Å². The molecule has 0 saturated carbocycles. The van der Waals surface area contributed by atoms with Gasteiger partial charge in [-0.05, 0) is 35.7 Å². The van der Waals surface area contributed by atoms with Crippen molar-refractivity contribution in [3.8, 4) is 5.75 Å². The minimum absolute atomic E-state index is 0.00343. The molecule has 3 aromatic rings. The van der Waals surface area contributed by atoms with Crippen LogP contribution in [0.3, 0.4) is 0 Å². The van der Waals surface area contributed by atoms with Gasteiger partial charge in [0.15, 0.2) is 6.29 Å². The zero-order valence-corrected chi connectivity index (χ0v) is 18.1. The SMILES string of the molecule is CC1=C(c2ccc(OCC=O)cc2)C(=O)N2NC(c3ccccc3)C(c3ccccc3)=C2N1. The number of aldehydes is 1. The minimum Gasteiger partial charge on any atom is -0.486 e. The Labute approximate surface area is 192 Å². The second-order valence-electron chi connectivity index (χ2n) is 7.87. The number of hydrazine groups is 1. The van der Waals surface area contributed by atoms with Gasteiger partial charge in [-0.3, -0.25) is 9.59 Å². The van der Waals surface area contributed by atoms with E-state index in [1.165, 1.54) is 0 Å². The molecule has 1 unspecified atom stereocenters. The van der Waals surface area contributed by atoms with Crippen LogP contribution in [0.25, 0.3) is 11.1 Å². The van der Waals surface area contributed by atoms with Gasteiger partial charge in [-0.25, -0.2) is 10.4 Å². The molecule has 2 N–H and O–H groups in total. The predicted octanol–water partition coefficient (Wildman–Crippen LogP) is 4.06. The van der Waals surface area contributed by atoms with E-state index in [9.17, 15) is 9.59 Å². The maximum atomic E-state index is 13.7. The van der Waals surface area contributed by atoms with Crippen molar-refractivity contribution in [1.29, 1.82) is 0 Å². The second-order valence-corrected chi connectivity index (χ2v) is 7.87. The maximum Gasteiger partial charge on any atom is 0.276 e. The van der Waals surface area contributed by atoms with Crippen molar-refractivity contribution in [2.75, 3.05) is 6.61 Å². The van der Waals surface area contributed by atoms with Crippen molar-refractivity contribution in [3.05, 3.63) is 113 Å². The highest BCUT2D eigenvalue weighted by Gasteiger charge is 2.41. The summed E-state index contributed by atoms with van der Waals surface area (Å²) in [5, 5.41) is 5.09. The lowest BCUT2D eigenvalue weighted by atomic mass is 9.93. The van der Waals surface area contributed by atoms with E-state index in [1.54, 1.807) is 17.1 Å². The molecule has 6 nitrogen and oxygen atoms in total. The topological polar surface area (TPSA) is 70.7 Å². The summed E-state index contributed by atoms with van der Waals surface area (Å²) in [7, 11) is 0. The summed E-state index contributed by atoms with van der Waals surface area (Å²) < 4.78 is 5.33. The lowest BCUT2D eigenvalue weighted by Gasteiger charge is -2.30. The largest absolute Gasteiger partial charge is 0.486 e. The number of fused-ring (bicyclic) bond motifs is 1. The number of nitrogens with one attached hydrogen (secondary N) is 2. The Bertz CT molecular complexity index is 1250. The third-order valence-electron chi connectivity index (χ3n) is 5.80. The third-order valence-corrected chi connectivity index (χ3v) is 5.80. The van der Waals surface area contributed by atoms with Crippen LogP contribution >= 0.6 is 0 Å². The van der Waals surface area contributed by atoms with Gasteiger partial charge in [0.2, 0.25) is 0 Å². The molecule has 33 heavy (non-hydrogen) atoms. The number of allylic oxidation sites excluding steroid dienone is 1. The predicted molar refractivity (Wildman–Crippen MR) is 126 cm³/mol. The van der Waals surface area contributed by atoms with Crippen LogP contribution in [0.2, 0.25) is 0 Å². The van der Waals surface area contributed by atoms with E-state index in [4.69, 9.17) is 4.74 Å². The van der Waals surface area contributed by atoms with Gasteiger partial charge in [0.1, 0.15) is 18.2 Å². The first kappa shape index (κ1) is 20.7. The molecule has 2 aliphatic heterocycles. The summed E-state index contributed by atoms with van der Waals surface area (Å²) in [5.41, 5.74) is 8.68. The second kappa shape index (κ2) is 8.76.